The lowest BCUT2D eigenvalue weighted by Gasteiger charge is -2.03. The van der Waals surface area contributed by atoms with Crippen LogP contribution in [0.5, 0.6) is 0 Å². The number of anilines is 1. The van der Waals surface area contributed by atoms with Crippen molar-refractivity contribution in [3.8, 4) is 0 Å². The van der Waals surface area contributed by atoms with E-state index in [1.165, 1.54) is 0 Å². The van der Waals surface area contributed by atoms with Crippen molar-refractivity contribution in [3.63, 3.8) is 0 Å². The molecular formula is C10H14N2O4S. The highest BCUT2D eigenvalue weighted by Gasteiger charge is 2.23. The fraction of sp³-hybridized carbons (Fsp3) is 0.500. The third-order valence-electron chi connectivity index (χ3n) is 2.07. The minimum atomic E-state index is -1.60. The molecule has 1 rings (SSSR count). The Morgan fingerprint density at radius 1 is 1.41 bits per heavy atom. The minimum Gasteiger partial charge on any atom is -0.479 e. The van der Waals surface area contributed by atoms with Gasteiger partial charge in [0, 0.05) is 5.92 Å². The van der Waals surface area contributed by atoms with Gasteiger partial charge in [-0.15, -0.1) is 0 Å². The highest BCUT2D eigenvalue weighted by molar-refractivity contribution is 7.16. The molecular weight excluding hydrogens is 244 g/mol. The maximum atomic E-state index is 11.4. The average molecular weight is 258 g/mol. The van der Waals surface area contributed by atoms with Crippen LogP contribution in [-0.2, 0) is 9.59 Å². The number of amides is 1. The van der Waals surface area contributed by atoms with Gasteiger partial charge in [-0.3, -0.25) is 4.79 Å². The monoisotopic (exact) mass is 258 g/mol. The number of hydrogen-bond donors (Lipinski definition) is 3. The van der Waals surface area contributed by atoms with Crippen LogP contribution in [-0.4, -0.2) is 27.1 Å². The van der Waals surface area contributed by atoms with Crippen LogP contribution in [0.25, 0.3) is 0 Å². The van der Waals surface area contributed by atoms with Gasteiger partial charge in [0.25, 0.3) is 0 Å². The molecule has 0 saturated heterocycles. The number of rotatable bonds is 4. The van der Waals surface area contributed by atoms with Crippen molar-refractivity contribution in [3.05, 3.63) is 10.6 Å². The van der Waals surface area contributed by atoms with Crippen molar-refractivity contribution < 1.29 is 19.8 Å². The lowest BCUT2D eigenvalue weighted by molar-refractivity contribution is -0.146. The Hall–Kier alpha value is -1.47. The van der Waals surface area contributed by atoms with Gasteiger partial charge in [-0.25, -0.2) is 9.78 Å². The summed E-state index contributed by atoms with van der Waals surface area (Å²) >= 11 is 0.968. The number of thiazole rings is 1. The second kappa shape index (κ2) is 5.24. The molecule has 0 radical (unpaired) electrons. The predicted octanol–water partition coefficient (Wildman–Crippen LogP) is 1.16. The van der Waals surface area contributed by atoms with Gasteiger partial charge in [0.2, 0.25) is 5.91 Å². The van der Waals surface area contributed by atoms with Gasteiger partial charge in [-0.1, -0.05) is 25.2 Å². The zero-order valence-electron chi connectivity index (χ0n) is 9.72. The topological polar surface area (TPSA) is 99.5 Å². The number of hydrogen-bond acceptors (Lipinski definition) is 5. The van der Waals surface area contributed by atoms with E-state index in [1.807, 2.05) is 0 Å². The summed E-state index contributed by atoms with van der Waals surface area (Å²) in [7, 11) is 0. The molecule has 6 nitrogen and oxygen atoms in total. The molecule has 1 aromatic rings. The third-order valence-corrected chi connectivity index (χ3v) is 3.19. The SMILES string of the molecule is Cc1nc(NC(=O)C(C)C)sc1C(O)C(=O)O. The molecule has 0 saturated carbocycles. The van der Waals surface area contributed by atoms with E-state index in [2.05, 4.69) is 10.3 Å². The van der Waals surface area contributed by atoms with E-state index in [-0.39, 0.29) is 16.7 Å². The standard InChI is InChI=1S/C10H14N2O4S/c1-4(2)8(14)12-10-11-5(3)7(17-10)6(13)9(15)16/h4,6,13H,1-3H3,(H,15,16)(H,11,12,14). The number of nitrogens with one attached hydrogen (secondary N) is 1. The Bertz CT molecular complexity index is 442. The van der Waals surface area contributed by atoms with E-state index in [0.717, 1.165) is 11.3 Å². The first-order valence-corrected chi connectivity index (χ1v) is 5.83. The summed E-state index contributed by atoms with van der Waals surface area (Å²) in [4.78, 5) is 26.3. The molecule has 1 amide bonds. The third kappa shape index (κ3) is 3.24. The first-order valence-electron chi connectivity index (χ1n) is 5.02. The number of aryl methyl sites for hydroxylation is 1. The minimum absolute atomic E-state index is 0.188. The van der Waals surface area contributed by atoms with Gasteiger partial charge in [0.15, 0.2) is 11.2 Å². The Morgan fingerprint density at radius 2 is 2.00 bits per heavy atom. The summed E-state index contributed by atoms with van der Waals surface area (Å²) in [6.07, 6.45) is -1.60. The highest BCUT2D eigenvalue weighted by atomic mass is 32.1. The fourth-order valence-corrected chi connectivity index (χ4v) is 2.03. The Kier molecular flexibility index (Phi) is 4.19. The average Bonchev–Trinajstić information content (AvgIpc) is 2.57. The summed E-state index contributed by atoms with van der Waals surface area (Å²) in [6, 6.07) is 0. The zero-order chi connectivity index (χ0) is 13.2. The predicted molar refractivity (Wildman–Crippen MR) is 62.9 cm³/mol. The molecule has 0 aliphatic heterocycles. The van der Waals surface area contributed by atoms with E-state index in [1.54, 1.807) is 20.8 Å². The van der Waals surface area contributed by atoms with E-state index in [4.69, 9.17) is 5.11 Å². The molecule has 17 heavy (non-hydrogen) atoms. The van der Waals surface area contributed by atoms with Crippen LogP contribution in [0.3, 0.4) is 0 Å². The van der Waals surface area contributed by atoms with Crippen molar-refractivity contribution >= 4 is 28.3 Å². The first-order chi connectivity index (χ1) is 7.82. The van der Waals surface area contributed by atoms with Crippen molar-refractivity contribution in [1.29, 1.82) is 0 Å². The molecule has 0 bridgehead atoms. The molecule has 3 N–H and O–H groups in total. The van der Waals surface area contributed by atoms with Crippen molar-refractivity contribution in [1.82, 2.24) is 4.98 Å². The number of carbonyl (C=O) groups excluding carboxylic acids is 1. The quantitative estimate of drug-likeness (QED) is 0.752. The van der Waals surface area contributed by atoms with Crippen molar-refractivity contribution in [2.45, 2.75) is 26.9 Å². The Balaban J connectivity index is 2.89. The largest absolute Gasteiger partial charge is 0.479 e. The van der Waals surface area contributed by atoms with Crippen LogP contribution in [0, 0.1) is 12.8 Å². The van der Waals surface area contributed by atoms with Crippen LogP contribution in [0.4, 0.5) is 5.13 Å². The van der Waals surface area contributed by atoms with Crippen molar-refractivity contribution in [2.24, 2.45) is 5.92 Å². The molecule has 0 aliphatic carbocycles. The molecule has 1 heterocycles. The van der Waals surface area contributed by atoms with Gasteiger partial charge in [0.1, 0.15) is 0 Å². The van der Waals surface area contributed by atoms with E-state index >= 15 is 0 Å². The number of aliphatic carboxylic acids is 1. The summed E-state index contributed by atoms with van der Waals surface area (Å²) < 4.78 is 0. The van der Waals surface area contributed by atoms with Gasteiger partial charge in [0.05, 0.1) is 10.6 Å². The van der Waals surface area contributed by atoms with E-state index in [9.17, 15) is 14.7 Å². The van der Waals surface area contributed by atoms with Gasteiger partial charge >= 0.3 is 5.97 Å². The molecule has 0 aliphatic rings. The normalized spacial score (nSPS) is 12.5. The number of aromatic nitrogens is 1. The number of aliphatic hydroxyl groups is 1. The van der Waals surface area contributed by atoms with E-state index in [0.29, 0.717) is 10.8 Å². The Morgan fingerprint density at radius 3 is 2.47 bits per heavy atom. The number of carbonyl (C=O) groups is 2. The lowest BCUT2D eigenvalue weighted by Crippen LogP contribution is -2.17. The molecule has 94 valence electrons. The Labute approximate surface area is 102 Å². The molecule has 0 fully saturated rings. The molecule has 1 aromatic heterocycles. The first kappa shape index (κ1) is 13.6. The molecule has 7 heteroatoms. The van der Waals surface area contributed by atoms with Gasteiger partial charge in [-0.2, -0.15) is 0 Å². The maximum absolute atomic E-state index is 11.4. The zero-order valence-corrected chi connectivity index (χ0v) is 10.5. The van der Waals surface area contributed by atoms with Gasteiger partial charge in [-0.05, 0) is 6.92 Å². The number of aliphatic hydroxyl groups excluding tert-OH is 1. The maximum Gasteiger partial charge on any atom is 0.338 e. The van der Waals surface area contributed by atoms with Crippen LogP contribution in [0.2, 0.25) is 0 Å². The van der Waals surface area contributed by atoms with Crippen molar-refractivity contribution in [2.75, 3.05) is 5.32 Å². The van der Waals surface area contributed by atoms with Crippen LogP contribution < -0.4 is 5.32 Å². The smallest absolute Gasteiger partial charge is 0.338 e. The van der Waals surface area contributed by atoms with E-state index < -0.39 is 12.1 Å². The number of carboxylic acids is 1. The molecule has 0 aromatic carbocycles. The summed E-state index contributed by atoms with van der Waals surface area (Å²) in [5, 5.41) is 20.9. The van der Waals surface area contributed by atoms with Gasteiger partial charge < -0.3 is 15.5 Å². The van der Waals surface area contributed by atoms with Crippen LogP contribution in [0.1, 0.15) is 30.5 Å². The van der Waals surface area contributed by atoms with Crippen LogP contribution in [0.15, 0.2) is 0 Å². The second-order valence-electron chi connectivity index (χ2n) is 3.85. The fourth-order valence-electron chi connectivity index (χ4n) is 1.08. The second-order valence-corrected chi connectivity index (χ2v) is 4.88. The molecule has 1 unspecified atom stereocenters. The molecule has 1 atom stereocenters. The summed E-state index contributed by atoms with van der Waals surface area (Å²) in [5.74, 6) is -1.72. The van der Waals surface area contributed by atoms with Crippen LogP contribution >= 0.6 is 11.3 Å². The summed E-state index contributed by atoms with van der Waals surface area (Å²) in [5.41, 5.74) is 0.406. The number of nitrogens with zero attached hydrogens (tertiary/aromatic N) is 1. The highest BCUT2D eigenvalue weighted by Crippen LogP contribution is 2.28. The number of carboxylic acid groups (broad SMARTS) is 1. The lowest BCUT2D eigenvalue weighted by atomic mass is 10.2. The molecule has 0 spiro atoms. The summed E-state index contributed by atoms with van der Waals surface area (Å²) in [6.45, 7) is 5.06.